The van der Waals surface area contributed by atoms with Gasteiger partial charge < -0.3 is 24.4 Å². The van der Waals surface area contributed by atoms with Gasteiger partial charge >= 0.3 is 0 Å². The highest BCUT2D eigenvalue weighted by atomic mass is 35.5. The molecule has 1 fully saturated rings. The molecule has 1 atom stereocenters. The molecule has 0 radical (unpaired) electrons. The average Bonchev–Trinajstić information content (AvgIpc) is 3.11. The Bertz CT molecular complexity index is 1090. The number of carbonyl (C=O) groups is 2. The van der Waals surface area contributed by atoms with E-state index in [1.807, 2.05) is 0 Å². The van der Waals surface area contributed by atoms with Gasteiger partial charge in [0.1, 0.15) is 19.0 Å². The molecule has 7 nitrogen and oxygen atoms in total. The van der Waals surface area contributed by atoms with Crippen LogP contribution in [0.2, 0.25) is 5.02 Å². The van der Waals surface area contributed by atoms with Crippen molar-refractivity contribution in [3.63, 3.8) is 0 Å². The lowest BCUT2D eigenvalue weighted by molar-refractivity contribution is -0.140. The molecule has 2 aliphatic heterocycles. The fourth-order valence-corrected chi connectivity index (χ4v) is 4.58. The second-order valence-electron chi connectivity index (χ2n) is 8.28. The highest BCUT2D eigenvalue weighted by molar-refractivity contribution is 6.46. The number of ketones is 1. The average molecular weight is 485 g/mol. The van der Waals surface area contributed by atoms with E-state index in [1.54, 1.807) is 47.4 Å². The molecule has 1 unspecified atom stereocenters. The van der Waals surface area contributed by atoms with E-state index in [2.05, 4.69) is 18.7 Å². The van der Waals surface area contributed by atoms with Crippen LogP contribution >= 0.6 is 11.6 Å². The molecule has 34 heavy (non-hydrogen) atoms. The zero-order chi connectivity index (χ0) is 24.2. The van der Waals surface area contributed by atoms with Crippen molar-refractivity contribution in [1.29, 1.82) is 0 Å². The molecule has 2 aliphatic rings. The smallest absolute Gasteiger partial charge is 0.295 e. The summed E-state index contributed by atoms with van der Waals surface area (Å²) in [6, 6.07) is 11.3. The number of hydrogen-bond acceptors (Lipinski definition) is 6. The third-order valence-electron chi connectivity index (χ3n) is 6.31. The quantitative estimate of drug-likeness (QED) is 0.342. The molecule has 0 saturated carbocycles. The normalized spacial score (nSPS) is 19.2. The molecule has 1 amide bonds. The molecule has 0 spiro atoms. The Morgan fingerprint density at radius 3 is 2.41 bits per heavy atom. The van der Waals surface area contributed by atoms with Gasteiger partial charge in [0.25, 0.3) is 11.7 Å². The van der Waals surface area contributed by atoms with E-state index in [-0.39, 0.29) is 11.3 Å². The zero-order valence-electron chi connectivity index (χ0n) is 19.4. The molecule has 4 rings (SSSR count). The third kappa shape index (κ3) is 4.76. The predicted molar refractivity (Wildman–Crippen MR) is 130 cm³/mol. The van der Waals surface area contributed by atoms with Gasteiger partial charge in [-0.3, -0.25) is 9.59 Å². The van der Waals surface area contributed by atoms with Gasteiger partial charge in [0.2, 0.25) is 0 Å². The van der Waals surface area contributed by atoms with Crippen LogP contribution in [-0.2, 0) is 9.59 Å². The van der Waals surface area contributed by atoms with Crippen LogP contribution in [0.1, 0.15) is 37.4 Å². The van der Waals surface area contributed by atoms with Crippen molar-refractivity contribution < 1.29 is 24.2 Å². The first-order valence-corrected chi connectivity index (χ1v) is 12.0. The summed E-state index contributed by atoms with van der Waals surface area (Å²) >= 11 is 6.08. The Morgan fingerprint density at radius 2 is 1.74 bits per heavy atom. The fraction of sp³-hybridized carbons (Fsp3) is 0.385. The number of rotatable bonds is 8. The number of carbonyl (C=O) groups excluding carboxylic acids is 2. The van der Waals surface area contributed by atoms with Crippen LogP contribution in [0.4, 0.5) is 0 Å². The van der Waals surface area contributed by atoms with Crippen LogP contribution < -0.4 is 9.47 Å². The number of ether oxygens (including phenoxy) is 2. The van der Waals surface area contributed by atoms with E-state index in [0.717, 1.165) is 19.6 Å². The lowest BCUT2D eigenvalue weighted by atomic mass is 9.95. The lowest BCUT2D eigenvalue weighted by Crippen LogP contribution is -2.33. The van der Waals surface area contributed by atoms with Crippen molar-refractivity contribution in [1.82, 2.24) is 9.80 Å². The number of aliphatic hydroxyl groups is 1. The van der Waals surface area contributed by atoms with Crippen LogP contribution in [0.5, 0.6) is 11.5 Å². The molecule has 1 N–H and O–H groups in total. The summed E-state index contributed by atoms with van der Waals surface area (Å²) < 4.78 is 11.2. The molecule has 180 valence electrons. The molecule has 8 heteroatoms. The summed E-state index contributed by atoms with van der Waals surface area (Å²) in [5.41, 5.74) is 1.17. The fourth-order valence-electron chi connectivity index (χ4n) is 4.45. The number of hydrogen-bond donors (Lipinski definition) is 1. The summed E-state index contributed by atoms with van der Waals surface area (Å²) in [5.74, 6) is -0.476. The van der Waals surface area contributed by atoms with Gasteiger partial charge in [-0.05, 0) is 62.0 Å². The largest absolute Gasteiger partial charge is 0.507 e. The van der Waals surface area contributed by atoms with E-state index in [9.17, 15) is 14.7 Å². The standard InChI is InChI=1S/C26H29ClN2O5/c1-3-28(4-2)12-5-13-29-23(17-6-9-19(27)10-7-17)22(25(31)26(29)32)24(30)18-8-11-20-21(16-18)34-15-14-33-20/h6-11,16,23,30H,3-5,12-15H2,1-2H3/b24-22+. The van der Waals surface area contributed by atoms with Crippen molar-refractivity contribution in [2.75, 3.05) is 39.4 Å². The van der Waals surface area contributed by atoms with Crippen LogP contribution in [0.25, 0.3) is 5.76 Å². The number of amides is 1. The van der Waals surface area contributed by atoms with Crippen LogP contribution in [-0.4, -0.2) is 66.0 Å². The lowest BCUT2D eigenvalue weighted by Gasteiger charge is -2.27. The maximum absolute atomic E-state index is 13.2. The third-order valence-corrected chi connectivity index (χ3v) is 6.56. The zero-order valence-corrected chi connectivity index (χ0v) is 20.2. The van der Waals surface area contributed by atoms with Crippen molar-refractivity contribution in [3.8, 4) is 11.5 Å². The SMILES string of the molecule is CCN(CC)CCCN1C(=O)C(=O)/C(=C(/O)c2ccc3c(c2)OCCO3)C1c1ccc(Cl)cc1. The molecule has 1 saturated heterocycles. The Hall–Kier alpha value is -3.03. The van der Waals surface area contributed by atoms with Gasteiger partial charge in [-0.25, -0.2) is 0 Å². The van der Waals surface area contributed by atoms with E-state index >= 15 is 0 Å². The van der Waals surface area contributed by atoms with E-state index < -0.39 is 17.7 Å². The Labute approximate surface area is 204 Å². The molecule has 0 aromatic heterocycles. The molecule has 2 aromatic rings. The van der Waals surface area contributed by atoms with Crippen molar-refractivity contribution in [2.24, 2.45) is 0 Å². The summed E-state index contributed by atoms with van der Waals surface area (Å²) in [7, 11) is 0. The first-order valence-electron chi connectivity index (χ1n) is 11.6. The Balaban J connectivity index is 1.72. The van der Waals surface area contributed by atoms with Gasteiger partial charge in [-0.2, -0.15) is 0 Å². The molecule has 0 bridgehead atoms. The van der Waals surface area contributed by atoms with E-state index in [0.29, 0.717) is 53.8 Å². The van der Waals surface area contributed by atoms with Crippen LogP contribution in [0.3, 0.4) is 0 Å². The first-order chi connectivity index (χ1) is 16.4. The first kappa shape index (κ1) is 24.1. The van der Waals surface area contributed by atoms with Gasteiger partial charge in [0.05, 0.1) is 11.6 Å². The monoisotopic (exact) mass is 484 g/mol. The van der Waals surface area contributed by atoms with Crippen LogP contribution in [0, 0.1) is 0 Å². The van der Waals surface area contributed by atoms with Crippen molar-refractivity contribution >= 4 is 29.1 Å². The van der Waals surface area contributed by atoms with Gasteiger partial charge in [-0.15, -0.1) is 0 Å². The molecular weight excluding hydrogens is 456 g/mol. The number of aliphatic hydroxyl groups excluding tert-OH is 1. The number of fused-ring (bicyclic) bond motifs is 1. The highest BCUT2D eigenvalue weighted by Crippen LogP contribution is 2.41. The summed E-state index contributed by atoms with van der Waals surface area (Å²) in [5, 5.41) is 11.8. The van der Waals surface area contributed by atoms with Gasteiger partial charge in [0, 0.05) is 17.1 Å². The van der Waals surface area contributed by atoms with Crippen molar-refractivity contribution in [3.05, 3.63) is 64.2 Å². The van der Waals surface area contributed by atoms with Gasteiger partial charge in [-0.1, -0.05) is 37.6 Å². The molecule has 0 aliphatic carbocycles. The topological polar surface area (TPSA) is 79.3 Å². The maximum Gasteiger partial charge on any atom is 0.295 e. The number of halogens is 1. The maximum atomic E-state index is 13.2. The van der Waals surface area contributed by atoms with Crippen LogP contribution in [0.15, 0.2) is 48.0 Å². The predicted octanol–water partition coefficient (Wildman–Crippen LogP) is 4.26. The number of benzene rings is 2. The highest BCUT2D eigenvalue weighted by Gasteiger charge is 2.45. The molecule has 2 heterocycles. The van der Waals surface area contributed by atoms with E-state index in [1.165, 1.54) is 0 Å². The molecular formula is C26H29ClN2O5. The second-order valence-corrected chi connectivity index (χ2v) is 8.72. The number of likely N-dealkylation sites (tertiary alicyclic amines) is 1. The minimum atomic E-state index is -0.706. The second kappa shape index (κ2) is 10.5. The minimum absolute atomic E-state index is 0.0619. The number of nitrogens with zero attached hydrogens (tertiary/aromatic N) is 2. The van der Waals surface area contributed by atoms with Gasteiger partial charge in [0.15, 0.2) is 11.5 Å². The summed E-state index contributed by atoms with van der Waals surface area (Å²) in [6.45, 7) is 8.08. The number of Topliss-reactive ketones (excluding diaryl/α,β-unsaturated/α-hetero) is 1. The van der Waals surface area contributed by atoms with Crippen molar-refractivity contribution in [2.45, 2.75) is 26.3 Å². The summed E-state index contributed by atoms with van der Waals surface area (Å²) in [6.07, 6.45) is 0.711. The van der Waals surface area contributed by atoms with E-state index in [4.69, 9.17) is 21.1 Å². The Morgan fingerprint density at radius 1 is 1.06 bits per heavy atom. The summed E-state index contributed by atoms with van der Waals surface area (Å²) in [4.78, 5) is 30.1. The molecule has 2 aromatic carbocycles. The Kier molecular flexibility index (Phi) is 7.44. The minimum Gasteiger partial charge on any atom is -0.507 e.